The molecule has 1 rings (SSSR count). The van der Waals surface area contributed by atoms with E-state index in [9.17, 15) is 9.18 Å². The van der Waals surface area contributed by atoms with Crippen LogP contribution in [0.1, 0.15) is 10.5 Å². The third-order valence-corrected chi connectivity index (χ3v) is 2.00. The second-order valence-corrected chi connectivity index (χ2v) is 3.25. The minimum Gasteiger partial charge on any atom is -0.274 e. The molecule has 0 saturated carbocycles. The molecule has 0 saturated heterocycles. The molecule has 0 atom stereocenters. The number of hydrogen-bond donors (Lipinski definition) is 0. The fraction of sp³-hybridized carbons (Fsp3) is 0. The van der Waals surface area contributed by atoms with Crippen LogP contribution in [0.3, 0.4) is 0 Å². The van der Waals surface area contributed by atoms with Crippen molar-refractivity contribution in [2.45, 2.75) is 0 Å². The molecule has 0 fully saturated rings. The monoisotopic (exact) mass is 285 g/mol. The summed E-state index contributed by atoms with van der Waals surface area (Å²) in [6.07, 6.45) is 0. The minimum atomic E-state index is -0.750. The highest BCUT2D eigenvalue weighted by Gasteiger charge is 2.06. The lowest BCUT2D eigenvalue weighted by molar-refractivity contribution is 0.107. The normalized spacial score (nSPS) is 9.73. The number of aromatic nitrogens is 1. The number of carbonyl (C=O) groups excluding carboxylic acids is 1. The van der Waals surface area contributed by atoms with Crippen molar-refractivity contribution in [3.8, 4) is 0 Å². The second-order valence-electron chi connectivity index (χ2n) is 1.74. The standard InChI is InChI=1S/C6H2ClFINO/c7-5(11)4-2-1-3(9)6(8)10-4/h1-2H. The highest BCUT2D eigenvalue weighted by Crippen LogP contribution is 2.09. The first-order valence-electron chi connectivity index (χ1n) is 2.63. The van der Waals surface area contributed by atoms with Crippen molar-refractivity contribution in [2.24, 2.45) is 0 Å². The molecule has 1 aromatic heterocycles. The number of rotatable bonds is 1. The lowest BCUT2D eigenvalue weighted by Crippen LogP contribution is -1.97. The van der Waals surface area contributed by atoms with Gasteiger partial charge >= 0.3 is 0 Å². The Morgan fingerprint density at radius 2 is 2.27 bits per heavy atom. The van der Waals surface area contributed by atoms with Gasteiger partial charge in [0.05, 0.1) is 3.57 Å². The van der Waals surface area contributed by atoms with Gasteiger partial charge in [-0.1, -0.05) is 0 Å². The Kier molecular flexibility index (Phi) is 2.78. The summed E-state index contributed by atoms with van der Waals surface area (Å²) in [5.41, 5.74) is -0.0652. The molecule has 1 heterocycles. The van der Waals surface area contributed by atoms with Gasteiger partial charge in [-0.05, 0) is 46.3 Å². The predicted octanol–water partition coefficient (Wildman–Crippen LogP) is 2.20. The van der Waals surface area contributed by atoms with Gasteiger partial charge in [0.15, 0.2) is 0 Å². The summed E-state index contributed by atoms with van der Waals surface area (Å²) in [6.45, 7) is 0. The zero-order valence-corrected chi connectivity index (χ0v) is 8.06. The first-order valence-corrected chi connectivity index (χ1v) is 4.09. The number of carbonyl (C=O) groups is 1. The van der Waals surface area contributed by atoms with Crippen LogP contribution in [0.4, 0.5) is 4.39 Å². The van der Waals surface area contributed by atoms with Crippen molar-refractivity contribution in [3.05, 3.63) is 27.3 Å². The average molecular weight is 285 g/mol. The van der Waals surface area contributed by atoms with Crippen LogP contribution in [0.25, 0.3) is 0 Å². The quantitative estimate of drug-likeness (QED) is 0.450. The lowest BCUT2D eigenvalue weighted by Gasteiger charge is -1.94. The van der Waals surface area contributed by atoms with Crippen LogP contribution in [-0.2, 0) is 0 Å². The van der Waals surface area contributed by atoms with E-state index in [2.05, 4.69) is 4.98 Å². The van der Waals surface area contributed by atoms with Gasteiger partial charge in [0.25, 0.3) is 5.24 Å². The molecule has 0 aromatic carbocycles. The molecule has 0 aliphatic heterocycles. The third-order valence-electron chi connectivity index (χ3n) is 1.00. The van der Waals surface area contributed by atoms with Crippen molar-refractivity contribution >= 4 is 39.4 Å². The zero-order valence-electron chi connectivity index (χ0n) is 5.14. The predicted molar refractivity (Wildman–Crippen MR) is 47.1 cm³/mol. The molecule has 1 aromatic rings. The van der Waals surface area contributed by atoms with Gasteiger partial charge in [-0.15, -0.1) is 0 Å². The summed E-state index contributed by atoms with van der Waals surface area (Å²) in [7, 11) is 0. The van der Waals surface area contributed by atoms with Crippen molar-refractivity contribution in [1.82, 2.24) is 4.98 Å². The highest BCUT2D eigenvalue weighted by molar-refractivity contribution is 14.1. The maximum atomic E-state index is 12.6. The Hall–Kier alpha value is -0.230. The first kappa shape index (κ1) is 8.86. The molecule has 0 unspecified atom stereocenters. The van der Waals surface area contributed by atoms with Gasteiger partial charge in [-0.2, -0.15) is 4.39 Å². The molecule has 0 radical (unpaired) electrons. The number of nitrogens with zero attached hydrogens (tertiary/aromatic N) is 1. The van der Waals surface area contributed by atoms with Crippen LogP contribution < -0.4 is 0 Å². The number of pyridine rings is 1. The SMILES string of the molecule is O=C(Cl)c1ccc(I)c(F)n1. The smallest absolute Gasteiger partial charge is 0.270 e. The van der Waals surface area contributed by atoms with Gasteiger partial charge in [-0.3, -0.25) is 4.79 Å². The zero-order chi connectivity index (χ0) is 8.43. The molecule has 0 aliphatic carbocycles. The van der Waals surface area contributed by atoms with E-state index in [0.717, 1.165) is 0 Å². The Morgan fingerprint density at radius 1 is 1.64 bits per heavy atom. The summed E-state index contributed by atoms with van der Waals surface area (Å²) in [4.78, 5) is 13.8. The molecule has 0 amide bonds. The molecule has 0 spiro atoms. The Morgan fingerprint density at radius 3 is 2.73 bits per heavy atom. The molecular formula is C6H2ClFINO. The minimum absolute atomic E-state index is 0.0652. The van der Waals surface area contributed by atoms with Gasteiger partial charge in [0.1, 0.15) is 5.69 Å². The summed E-state index contributed by atoms with van der Waals surface area (Å²) in [5.74, 6) is -0.669. The summed E-state index contributed by atoms with van der Waals surface area (Å²) in [6, 6.07) is 2.82. The van der Waals surface area contributed by atoms with E-state index in [0.29, 0.717) is 3.57 Å². The van der Waals surface area contributed by atoms with E-state index in [1.165, 1.54) is 12.1 Å². The second kappa shape index (κ2) is 3.44. The van der Waals surface area contributed by atoms with Crippen molar-refractivity contribution < 1.29 is 9.18 Å². The van der Waals surface area contributed by atoms with Crippen LogP contribution >= 0.6 is 34.2 Å². The number of hydrogen-bond acceptors (Lipinski definition) is 2. The van der Waals surface area contributed by atoms with E-state index >= 15 is 0 Å². The Balaban J connectivity index is 3.15. The molecule has 0 bridgehead atoms. The topological polar surface area (TPSA) is 30.0 Å². The van der Waals surface area contributed by atoms with Crippen LogP contribution in [0.15, 0.2) is 12.1 Å². The maximum absolute atomic E-state index is 12.6. The Labute approximate surface area is 80.9 Å². The van der Waals surface area contributed by atoms with Gasteiger partial charge in [0, 0.05) is 0 Å². The third kappa shape index (κ3) is 2.10. The molecule has 5 heteroatoms. The largest absolute Gasteiger partial charge is 0.274 e. The van der Waals surface area contributed by atoms with Crippen LogP contribution in [0.5, 0.6) is 0 Å². The van der Waals surface area contributed by atoms with Crippen molar-refractivity contribution in [2.75, 3.05) is 0 Å². The highest BCUT2D eigenvalue weighted by atomic mass is 127. The fourth-order valence-corrected chi connectivity index (χ4v) is 0.932. The van der Waals surface area contributed by atoms with E-state index in [-0.39, 0.29) is 5.69 Å². The van der Waals surface area contributed by atoms with Crippen molar-refractivity contribution in [1.29, 1.82) is 0 Å². The Bertz CT molecular complexity index is 305. The number of halogens is 3. The first-order chi connectivity index (χ1) is 5.11. The van der Waals surface area contributed by atoms with Crippen LogP contribution in [0, 0.1) is 9.52 Å². The van der Waals surface area contributed by atoms with Gasteiger partial charge in [0.2, 0.25) is 5.95 Å². The van der Waals surface area contributed by atoms with E-state index in [1.54, 1.807) is 22.6 Å². The lowest BCUT2D eigenvalue weighted by atomic mass is 10.4. The van der Waals surface area contributed by atoms with Crippen molar-refractivity contribution in [3.63, 3.8) is 0 Å². The van der Waals surface area contributed by atoms with E-state index < -0.39 is 11.2 Å². The summed E-state index contributed by atoms with van der Waals surface area (Å²) < 4.78 is 13.0. The van der Waals surface area contributed by atoms with Gasteiger partial charge in [-0.25, -0.2) is 4.98 Å². The van der Waals surface area contributed by atoms with Gasteiger partial charge < -0.3 is 0 Å². The van der Waals surface area contributed by atoms with E-state index in [4.69, 9.17) is 11.6 Å². The molecule has 2 nitrogen and oxygen atoms in total. The molecular weight excluding hydrogens is 283 g/mol. The maximum Gasteiger partial charge on any atom is 0.270 e. The summed E-state index contributed by atoms with van der Waals surface area (Å²) >= 11 is 6.83. The fourth-order valence-electron chi connectivity index (χ4n) is 0.527. The molecule has 58 valence electrons. The van der Waals surface area contributed by atoms with Crippen LogP contribution in [0.2, 0.25) is 0 Å². The molecule has 11 heavy (non-hydrogen) atoms. The molecule has 0 N–H and O–H groups in total. The van der Waals surface area contributed by atoms with E-state index in [1.807, 2.05) is 0 Å². The van der Waals surface area contributed by atoms with Crippen LogP contribution in [-0.4, -0.2) is 10.2 Å². The molecule has 0 aliphatic rings. The summed E-state index contributed by atoms with van der Waals surface area (Å²) in [5, 5.41) is -0.750. The average Bonchev–Trinajstić information content (AvgIpc) is 1.94.